The normalized spacial score (nSPS) is 23.1. The van der Waals surface area contributed by atoms with Crippen molar-refractivity contribution in [3.05, 3.63) is 94.0 Å². The summed E-state index contributed by atoms with van der Waals surface area (Å²) < 4.78 is 16.6. The molecule has 2 heterocycles. The van der Waals surface area contributed by atoms with Crippen LogP contribution in [0.15, 0.2) is 77.3 Å². The Labute approximate surface area is 229 Å². The zero-order chi connectivity index (χ0) is 27.0. The largest absolute Gasteiger partial charge is 0.497 e. The maximum absolute atomic E-state index is 14.5. The molecule has 0 aliphatic carbocycles. The molecule has 7 nitrogen and oxygen atoms in total. The number of nitrogens with zero attached hydrogens (tertiary/aromatic N) is 2. The molecule has 1 fully saturated rings. The number of anilines is 1. The van der Waals surface area contributed by atoms with Gasteiger partial charge in [-0.3, -0.25) is 9.59 Å². The number of methoxy groups -OCH3 is 3. The number of carbonyl (C=O) groups is 2. The van der Waals surface area contributed by atoms with Crippen molar-refractivity contribution in [2.75, 3.05) is 26.2 Å². The number of esters is 1. The van der Waals surface area contributed by atoms with Crippen molar-refractivity contribution < 1.29 is 23.8 Å². The predicted octanol–water partition coefficient (Wildman–Crippen LogP) is 5.40. The minimum Gasteiger partial charge on any atom is -0.497 e. The first-order valence-electron chi connectivity index (χ1n) is 12.0. The van der Waals surface area contributed by atoms with Crippen LogP contribution in [0.25, 0.3) is 6.08 Å². The third-order valence-electron chi connectivity index (χ3n) is 7.43. The number of fused-ring (bicyclic) bond motifs is 3. The lowest BCUT2D eigenvalue weighted by molar-refractivity contribution is -0.150. The lowest BCUT2D eigenvalue weighted by Crippen LogP contribution is -2.46. The van der Waals surface area contributed by atoms with Gasteiger partial charge in [0.05, 0.1) is 37.9 Å². The monoisotopic (exact) mass is 572 g/mol. The van der Waals surface area contributed by atoms with E-state index in [9.17, 15) is 14.9 Å². The number of ether oxygens (including phenoxy) is 3. The van der Waals surface area contributed by atoms with Crippen molar-refractivity contribution in [1.29, 1.82) is 5.26 Å². The Morgan fingerprint density at radius 3 is 2.37 bits per heavy atom. The van der Waals surface area contributed by atoms with Crippen LogP contribution in [0.1, 0.15) is 27.4 Å². The number of hydrogen-bond acceptors (Lipinski definition) is 7. The highest BCUT2D eigenvalue weighted by atomic mass is 79.9. The number of carbonyl (C=O) groups excluding carboxylic acids is 2. The third kappa shape index (κ3) is 3.77. The van der Waals surface area contributed by atoms with E-state index in [0.29, 0.717) is 27.1 Å². The summed E-state index contributed by atoms with van der Waals surface area (Å²) in [5.74, 6) is -0.557. The van der Waals surface area contributed by atoms with Gasteiger partial charge >= 0.3 is 5.97 Å². The van der Waals surface area contributed by atoms with Gasteiger partial charge in [0, 0.05) is 17.2 Å². The van der Waals surface area contributed by atoms with Crippen LogP contribution in [0.4, 0.5) is 5.69 Å². The number of rotatable bonds is 6. The van der Waals surface area contributed by atoms with E-state index in [1.165, 1.54) is 7.11 Å². The van der Waals surface area contributed by atoms with Gasteiger partial charge in [0.25, 0.3) is 0 Å². The Morgan fingerprint density at radius 1 is 1.00 bits per heavy atom. The summed E-state index contributed by atoms with van der Waals surface area (Å²) in [6, 6.07) is 20.6. The lowest BCUT2D eigenvalue weighted by Gasteiger charge is -2.36. The minimum atomic E-state index is -1.70. The van der Waals surface area contributed by atoms with Crippen LogP contribution in [0.3, 0.4) is 0 Å². The van der Waals surface area contributed by atoms with E-state index in [4.69, 9.17) is 14.2 Å². The van der Waals surface area contributed by atoms with Crippen LogP contribution < -0.4 is 14.4 Å². The Hall–Kier alpha value is -4.09. The molecule has 38 heavy (non-hydrogen) atoms. The molecule has 0 N–H and O–H groups in total. The van der Waals surface area contributed by atoms with Crippen LogP contribution in [0.5, 0.6) is 11.5 Å². The molecule has 2 aliphatic rings. The second kappa shape index (κ2) is 9.99. The van der Waals surface area contributed by atoms with Crippen molar-refractivity contribution in [1.82, 2.24) is 0 Å². The van der Waals surface area contributed by atoms with E-state index in [-0.39, 0.29) is 5.78 Å². The van der Waals surface area contributed by atoms with Gasteiger partial charge in [0.15, 0.2) is 11.2 Å². The molecular formula is C30H25BrN2O5. The van der Waals surface area contributed by atoms with Gasteiger partial charge in [-0.25, -0.2) is 0 Å². The summed E-state index contributed by atoms with van der Waals surface area (Å²) in [6.45, 7) is 0. The van der Waals surface area contributed by atoms with Gasteiger partial charge in [0.2, 0.25) is 0 Å². The summed E-state index contributed by atoms with van der Waals surface area (Å²) in [4.78, 5) is 30.0. The van der Waals surface area contributed by atoms with E-state index < -0.39 is 29.4 Å². The average molecular weight is 573 g/mol. The van der Waals surface area contributed by atoms with Gasteiger partial charge in [-0.05, 0) is 63.5 Å². The summed E-state index contributed by atoms with van der Waals surface area (Å²) in [7, 11) is 4.39. The first-order valence-corrected chi connectivity index (χ1v) is 12.8. The summed E-state index contributed by atoms with van der Waals surface area (Å²) >= 11 is 3.48. The SMILES string of the molecule is COC(=O)[C@]1(C#N)[C@H](c2ccc(OC)cc2)[C@H](C(=O)c2ccc(OC)c(Br)c2)N2c3ccccc3C=C[C@H]21. The Morgan fingerprint density at radius 2 is 1.74 bits per heavy atom. The molecule has 0 bridgehead atoms. The summed E-state index contributed by atoms with van der Waals surface area (Å²) in [6.07, 6.45) is 3.73. The fourth-order valence-electron chi connectivity index (χ4n) is 5.71. The number of halogens is 1. The van der Waals surface area contributed by atoms with E-state index in [1.807, 2.05) is 41.3 Å². The molecule has 0 spiro atoms. The quantitative estimate of drug-likeness (QED) is 0.288. The second-order valence-electron chi connectivity index (χ2n) is 9.15. The first kappa shape index (κ1) is 25.6. The fraction of sp³-hybridized carbons (Fsp3) is 0.233. The molecule has 0 saturated carbocycles. The number of para-hydroxylation sites is 1. The molecule has 3 aromatic rings. The molecular weight excluding hydrogens is 548 g/mol. The maximum atomic E-state index is 14.5. The van der Waals surface area contributed by atoms with Crippen LogP contribution >= 0.6 is 15.9 Å². The number of benzene rings is 3. The van der Waals surface area contributed by atoms with Crippen LogP contribution in [0, 0.1) is 16.7 Å². The van der Waals surface area contributed by atoms with E-state index in [2.05, 4.69) is 22.0 Å². The van der Waals surface area contributed by atoms with Crippen LogP contribution in [0.2, 0.25) is 0 Å². The molecule has 3 aromatic carbocycles. The number of Topliss-reactive ketones (excluding diaryl/α,β-unsaturated/α-hetero) is 1. The van der Waals surface area contributed by atoms with Crippen molar-refractivity contribution in [2.24, 2.45) is 5.41 Å². The van der Waals surface area contributed by atoms with E-state index in [1.54, 1.807) is 56.7 Å². The standard InChI is InChI=1S/C30H25BrN2O5/c1-36-21-12-8-19(9-13-21)26-27(28(34)20-10-14-24(37-2)22(31)16-20)33-23-7-5-4-6-18(23)11-15-25(33)30(26,17-32)29(35)38-3/h4-16,25-27H,1-3H3/t25-,26+,27+,30-/m0/s1. The Balaban J connectivity index is 1.79. The van der Waals surface area contributed by atoms with Gasteiger partial charge in [-0.1, -0.05) is 42.5 Å². The van der Waals surface area contributed by atoms with Crippen molar-refractivity contribution in [3.8, 4) is 17.6 Å². The molecule has 0 aromatic heterocycles. The second-order valence-corrected chi connectivity index (χ2v) is 10.0. The fourth-order valence-corrected chi connectivity index (χ4v) is 6.25. The van der Waals surface area contributed by atoms with Gasteiger partial charge in [-0.15, -0.1) is 0 Å². The summed E-state index contributed by atoms with van der Waals surface area (Å²) in [5.41, 5.74) is 1.04. The van der Waals surface area contributed by atoms with E-state index >= 15 is 0 Å². The van der Waals surface area contributed by atoms with E-state index in [0.717, 1.165) is 11.3 Å². The molecule has 8 heteroatoms. The molecule has 2 aliphatic heterocycles. The number of ketones is 1. The molecule has 0 unspecified atom stereocenters. The van der Waals surface area contributed by atoms with Gasteiger partial charge in [0.1, 0.15) is 17.5 Å². The molecule has 4 atom stereocenters. The topological polar surface area (TPSA) is 88.9 Å². The zero-order valence-electron chi connectivity index (χ0n) is 21.1. The highest BCUT2D eigenvalue weighted by Gasteiger charge is 2.67. The van der Waals surface area contributed by atoms with Gasteiger partial charge in [-0.2, -0.15) is 5.26 Å². The number of nitriles is 1. The van der Waals surface area contributed by atoms with Crippen molar-refractivity contribution >= 4 is 39.4 Å². The lowest BCUT2D eigenvalue weighted by atomic mass is 9.68. The van der Waals surface area contributed by atoms with Crippen LogP contribution in [-0.4, -0.2) is 45.2 Å². The molecule has 0 radical (unpaired) electrons. The molecule has 0 amide bonds. The maximum Gasteiger partial charge on any atom is 0.329 e. The molecule has 192 valence electrons. The molecule has 1 saturated heterocycles. The Bertz CT molecular complexity index is 1480. The smallest absolute Gasteiger partial charge is 0.329 e. The predicted molar refractivity (Wildman–Crippen MR) is 146 cm³/mol. The van der Waals surface area contributed by atoms with Gasteiger partial charge < -0.3 is 19.1 Å². The van der Waals surface area contributed by atoms with Crippen molar-refractivity contribution in [3.63, 3.8) is 0 Å². The zero-order valence-corrected chi connectivity index (χ0v) is 22.6. The third-order valence-corrected chi connectivity index (χ3v) is 8.05. The average Bonchev–Trinajstić information content (AvgIpc) is 3.28. The highest BCUT2D eigenvalue weighted by molar-refractivity contribution is 9.10. The minimum absolute atomic E-state index is 0.231. The highest BCUT2D eigenvalue weighted by Crippen LogP contribution is 2.56. The summed E-state index contributed by atoms with van der Waals surface area (Å²) in [5, 5.41) is 10.7. The Kier molecular flexibility index (Phi) is 6.72. The molecule has 5 rings (SSSR count). The first-order chi connectivity index (χ1) is 18.4. The van der Waals surface area contributed by atoms with Crippen LogP contribution in [-0.2, 0) is 9.53 Å². The number of hydrogen-bond donors (Lipinski definition) is 0. The van der Waals surface area contributed by atoms with Crippen molar-refractivity contribution in [2.45, 2.75) is 18.0 Å².